The van der Waals surface area contributed by atoms with Crippen molar-refractivity contribution in [2.75, 3.05) is 17.6 Å². The number of nitrogens with two attached hydrogens (primary N) is 1. The Balaban J connectivity index is 2.03. The van der Waals surface area contributed by atoms with E-state index in [2.05, 4.69) is 5.32 Å². The van der Waals surface area contributed by atoms with Crippen LogP contribution < -0.4 is 11.1 Å². The lowest BCUT2D eigenvalue weighted by Gasteiger charge is -2.07. The summed E-state index contributed by atoms with van der Waals surface area (Å²) >= 11 is 7.34. The Hall–Kier alpha value is -1.79. The fourth-order valence-electron chi connectivity index (χ4n) is 1.71. The third-order valence-electron chi connectivity index (χ3n) is 2.57. The molecule has 1 aromatic heterocycles. The van der Waals surface area contributed by atoms with E-state index in [-0.39, 0.29) is 11.4 Å². The van der Waals surface area contributed by atoms with Gasteiger partial charge in [-0.05, 0) is 30.7 Å². The highest BCUT2D eigenvalue weighted by molar-refractivity contribution is 7.16. The molecule has 0 unspecified atom stereocenters. The van der Waals surface area contributed by atoms with Crippen LogP contribution in [0.5, 0.6) is 0 Å². The van der Waals surface area contributed by atoms with Crippen molar-refractivity contribution in [2.45, 2.75) is 6.42 Å². The maximum atomic E-state index is 10.9. The lowest BCUT2D eigenvalue weighted by molar-refractivity contribution is -0.383. The predicted octanol–water partition coefficient (Wildman–Crippen LogP) is 3.55. The fraction of sp³-hybridized carbons (Fsp3) is 0.167. The van der Waals surface area contributed by atoms with Crippen LogP contribution in [0.1, 0.15) is 4.88 Å². The van der Waals surface area contributed by atoms with E-state index in [0.29, 0.717) is 12.2 Å². The minimum Gasteiger partial charge on any atom is -0.393 e. The Bertz CT molecular complexity index is 600. The topological polar surface area (TPSA) is 81.2 Å². The Morgan fingerprint density at radius 3 is 2.79 bits per heavy atom. The highest BCUT2D eigenvalue weighted by atomic mass is 35.5. The zero-order valence-corrected chi connectivity index (χ0v) is 11.5. The van der Waals surface area contributed by atoms with E-state index in [1.807, 2.05) is 12.1 Å². The Morgan fingerprint density at radius 1 is 1.37 bits per heavy atom. The van der Waals surface area contributed by atoms with E-state index < -0.39 is 4.92 Å². The molecule has 7 heteroatoms. The molecule has 100 valence electrons. The van der Waals surface area contributed by atoms with Crippen LogP contribution in [0.3, 0.4) is 0 Å². The maximum absolute atomic E-state index is 10.9. The van der Waals surface area contributed by atoms with E-state index in [9.17, 15) is 10.1 Å². The molecule has 2 aromatic rings. The van der Waals surface area contributed by atoms with E-state index in [0.717, 1.165) is 15.6 Å². The zero-order valence-electron chi connectivity index (χ0n) is 9.93. The second kappa shape index (κ2) is 5.90. The van der Waals surface area contributed by atoms with Gasteiger partial charge in [0.2, 0.25) is 0 Å². The van der Waals surface area contributed by atoms with Gasteiger partial charge in [-0.25, -0.2) is 0 Å². The van der Waals surface area contributed by atoms with Crippen LogP contribution >= 0.6 is 22.9 Å². The molecule has 5 nitrogen and oxygen atoms in total. The zero-order chi connectivity index (χ0) is 13.8. The molecule has 0 radical (unpaired) electrons. The number of anilines is 2. The Labute approximate surface area is 119 Å². The van der Waals surface area contributed by atoms with Gasteiger partial charge in [0.25, 0.3) is 0 Å². The first kappa shape index (κ1) is 13.6. The number of nitrogens with zero attached hydrogens (tertiary/aromatic N) is 1. The number of halogens is 1. The van der Waals surface area contributed by atoms with Gasteiger partial charge in [0.15, 0.2) is 0 Å². The van der Waals surface area contributed by atoms with Crippen molar-refractivity contribution >= 4 is 40.0 Å². The molecular weight excluding hydrogens is 286 g/mol. The number of rotatable bonds is 5. The van der Waals surface area contributed by atoms with Crippen LogP contribution in [-0.4, -0.2) is 11.5 Å². The minimum absolute atomic E-state index is 0.0771. The van der Waals surface area contributed by atoms with E-state index >= 15 is 0 Å². The van der Waals surface area contributed by atoms with Crippen LogP contribution in [0.25, 0.3) is 0 Å². The lowest BCUT2D eigenvalue weighted by Crippen LogP contribution is -2.07. The standard InChI is InChI=1S/C12H12ClN3O2S/c13-11-5-4-8(19-11)6-7-15-10-3-1-2-9(14)12(10)16(17)18/h1-5,15H,6-7,14H2. The Morgan fingerprint density at radius 2 is 2.16 bits per heavy atom. The molecule has 0 amide bonds. The van der Waals surface area contributed by atoms with Crippen molar-refractivity contribution in [3.05, 3.63) is 49.7 Å². The van der Waals surface area contributed by atoms with Crippen molar-refractivity contribution in [2.24, 2.45) is 0 Å². The molecule has 0 spiro atoms. The SMILES string of the molecule is Nc1cccc(NCCc2ccc(Cl)s2)c1[N+](=O)[O-]. The minimum atomic E-state index is -0.473. The third-order valence-corrected chi connectivity index (χ3v) is 3.86. The van der Waals surface area contributed by atoms with Crippen molar-refractivity contribution in [3.63, 3.8) is 0 Å². The molecule has 2 rings (SSSR count). The summed E-state index contributed by atoms with van der Waals surface area (Å²) in [7, 11) is 0. The molecular formula is C12H12ClN3O2S. The first-order valence-corrected chi connectivity index (χ1v) is 6.78. The van der Waals surface area contributed by atoms with Crippen molar-refractivity contribution in [3.8, 4) is 0 Å². The normalized spacial score (nSPS) is 10.4. The van der Waals surface area contributed by atoms with Gasteiger partial charge < -0.3 is 11.1 Å². The van der Waals surface area contributed by atoms with E-state index in [1.54, 1.807) is 12.1 Å². The summed E-state index contributed by atoms with van der Waals surface area (Å²) in [5.74, 6) is 0. The van der Waals surface area contributed by atoms with E-state index in [1.165, 1.54) is 17.4 Å². The second-order valence-corrected chi connectivity index (χ2v) is 5.68. The maximum Gasteiger partial charge on any atom is 0.314 e. The molecule has 1 aromatic carbocycles. The largest absolute Gasteiger partial charge is 0.393 e. The quantitative estimate of drug-likeness (QED) is 0.502. The molecule has 0 saturated carbocycles. The monoisotopic (exact) mass is 297 g/mol. The molecule has 3 N–H and O–H groups in total. The fourth-order valence-corrected chi connectivity index (χ4v) is 2.80. The predicted molar refractivity (Wildman–Crippen MR) is 79.0 cm³/mol. The second-order valence-electron chi connectivity index (χ2n) is 3.88. The van der Waals surface area contributed by atoms with Crippen LogP contribution in [0.4, 0.5) is 17.1 Å². The smallest absolute Gasteiger partial charge is 0.314 e. The number of para-hydroxylation sites is 1. The lowest BCUT2D eigenvalue weighted by atomic mass is 10.2. The molecule has 0 aliphatic rings. The number of benzene rings is 1. The van der Waals surface area contributed by atoms with Gasteiger partial charge in [-0.2, -0.15) is 0 Å². The molecule has 0 aliphatic heterocycles. The number of hydrogen-bond acceptors (Lipinski definition) is 5. The molecule has 1 heterocycles. The van der Waals surface area contributed by atoms with Gasteiger partial charge in [-0.3, -0.25) is 10.1 Å². The molecule has 0 fully saturated rings. The number of nitro benzene ring substituents is 1. The molecule has 0 aliphatic carbocycles. The Kier molecular flexibility index (Phi) is 4.24. The third kappa shape index (κ3) is 3.36. The average molecular weight is 298 g/mol. The summed E-state index contributed by atoms with van der Waals surface area (Å²) in [6, 6.07) is 8.64. The molecule has 0 atom stereocenters. The first-order chi connectivity index (χ1) is 9.08. The average Bonchev–Trinajstić information content (AvgIpc) is 2.74. The van der Waals surface area contributed by atoms with Gasteiger partial charge in [-0.1, -0.05) is 17.7 Å². The number of nitro groups is 1. The first-order valence-electron chi connectivity index (χ1n) is 5.59. The summed E-state index contributed by atoms with van der Waals surface area (Å²) in [5, 5.41) is 14.0. The molecule has 0 bridgehead atoms. The summed E-state index contributed by atoms with van der Waals surface area (Å²) in [6.07, 6.45) is 0.753. The summed E-state index contributed by atoms with van der Waals surface area (Å²) < 4.78 is 0.741. The number of nitrogen functional groups attached to an aromatic ring is 1. The van der Waals surface area contributed by atoms with Gasteiger partial charge in [-0.15, -0.1) is 11.3 Å². The molecule has 19 heavy (non-hydrogen) atoms. The number of thiophene rings is 1. The van der Waals surface area contributed by atoms with Gasteiger partial charge >= 0.3 is 5.69 Å². The number of nitrogens with one attached hydrogen (secondary N) is 1. The van der Waals surface area contributed by atoms with Gasteiger partial charge in [0.05, 0.1) is 9.26 Å². The van der Waals surface area contributed by atoms with Crippen LogP contribution in [0, 0.1) is 10.1 Å². The van der Waals surface area contributed by atoms with Crippen LogP contribution in [0.15, 0.2) is 30.3 Å². The van der Waals surface area contributed by atoms with Crippen LogP contribution in [0.2, 0.25) is 4.34 Å². The van der Waals surface area contributed by atoms with Crippen LogP contribution in [-0.2, 0) is 6.42 Å². The summed E-state index contributed by atoms with van der Waals surface area (Å²) in [6.45, 7) is 0.584. The summed E-state index contributed by atoms with van der Waals surface area (Å²) in [4.78, 5) is 11.6. The van der Waals surface area contributed by atoms with Crippen molar-refractivity contribution in [1.29, 1.82) is 0 Å². The van der Waals surface area contributed by atoms with Crippen molar-refractivity contribution < 1.29 is 4.92 Å². The highest BCUT2D eigenvalue weighted by Gasteiger charge is 2.16. The number of hydrogen-bond donors (Lipinski definition) is 2. The van der Waals surface area contributed by atoms with Crippen molar-refractivity contribution in [1.82, 2.24) is 0 Å². The van der Waals surface area contributed by atoms with E-state index in [4.69, 9.17) is 17.3 Å². The summed E-state index contributed by atoms with van der Waals surface area (Å²) in [5.41, 5.74) is 6.13. The highest BCUT2D eigenvalue weighted by Crippen LogP contribution is 2.30. The van der Waals surface area contributed by atoms with Gasteiger partial charge in [0.1, 0.15) is 11.4 Å². The van der Waals surface area contributed by atoms with Gasteiger partial charge in [0, 0.05) is 11.4 Å². The molecule has 0 saturated heterocycles.